The standard InChI is InChI=1S/C18H34N2O5.C6H11NO2.C2H6.CH3NO/c1-2-16(9-10-18(22)23)20-17(21)8-6-4-3-5-7-12-24-14-15-25-13-11-19;1-7-6(5-9)3-2-4-8;1-2;2-1-3/h2,16H,1,3-15,19H2,(H,20,21)(H,22,23);4-7H,2-3H2,1H3;1-2H3;1H,(H2,2,3). The molecule has 0 aromatic carbocycles. The van der Waals surface area contributed by atoms with E-state index < -0.39 is 5.97 Å². The summed E-state index contributed by atoms with van der Waals surface area (Å²) in [6.45, 7) is 10.7. The van der Waals surface area contributed by atoms with Gasteiger partial charge in [0, 0.05) is 38.5 Å². The first-order valence-corrected chi connectivity index (χ1v) is 13.6. The van der Waals surface area contributed by atoms with Crippen LogP contribution in [0.2, 0.25) is 0 Å². The van der Waals surface area contributed by atoms with Gasteiger partial charge in [-0.05, 0) is 32.7 Å². The molecular weight excluding hydrogens is 508 g/mol. The summed E-state index contributed by atoms with van der Waals surface area (Å²) in [5.74, 6) is -0.913. The molecule has 0 aromatic heterocycles. The third-order valence-corrected chi connectivity index (χ3v) is 4.76. The Morgan fingerprint density at radius 1 is 0.897 bits per heavy atom. The van der Waals surface area contributed by atoms with Crippen LogP contribution in [0.15, 0.2) is 12.7 Å². The Hall–Kier alpha value is -2.67. The Bertz CT molecular complexity index is 580. The number of aldehydes is 2. The highest BCUT2D eigenvalue weighted by atomic mass is 16.5. The van der Waals surface area contributed by atoms with Crippen LogP contribution in [0.25, 0.3) is 0 Å². The Balaban J connectivity index is -0.000000361. The third-order valence-electron chi connectivity index (χ3n) is 4.76. The van der Waals surface area contributed by atoms with E-state index in [1.54, 1.807) is 13.1 Å². The van der Waals surface area contributed by atoms with Crippen molar-refractivity contribution in [2.75, 3.05) is 40.0 Å². The molecule has 2 amide bonds. The normalized spacial score (nSPS) is 11.0. The molecule has 0 aliphatic carbocycles. The maximum absolute atomic E-state index is 11.8. The van der Waals surface area contributed by atoms with Crippen molar-refractivity contribution in [1.82, 2.24) is 10.6 Å². The first kappa shape index (κ1) is 43.4. The van der Waals surface area contributed by atoms with Crippen LogP contribution in [0.4, 0.5) is 0 Å². The smallest absolute Gasteiger partial charge is 0.303 e. The first-order chi connectivity index (χ1) is 18.9. The fourth-order valence-corrected chi connectivity index (χ4v) is 2.76. The van der Waals surface area contributed by atoms with Crippen molar-refractivity contribution < 1.29 is 38.6 Å². The second-order valence-corrected chi connectivity index (χ2v) is 7.78. The van der Waals surface area contributed by atoms with Crippen LogP contribution in [-0.2, 0) is 33.4 Å². The minimum absolute atomic E-state index is 0.0260. The van der Waals surface area contributed by atoms with Crippen LogP contribution in [0.5, 0.6) is 0 Å². The van der Waals surface area contributed by atoms with Gasteiger partial charge in [-0.1, -0.05) is 39.2 Å². The van der Waals surface area contributed by atoms with E-state index in [1.807, 2.05) is 13.8 Å². The lowest BCUT2D eigenvalue weighted by atomic mass is 10.1. The van der Waals surface area contributed by atoms with Crippen molar-refractivity contribution in [3.05, 3.63) is 12.7 Å². The number of amides is 2. The van der Waals surface area contributed by atoms with Gasteiger partial charge in [0.2, 0.25) is 12.3 Å². The average Bonchev–Trinajstić information content (AvgIpc) is 2.94. The van der Waals surface area contributed by atoms with Crippen molar-refractivity contribution in [2.24, 2.45) is 11.5 Å². The number of likely N-dealkylation sites (N-methyl/N-ethyl adjacent to an activating group) is 1. The molecule has 7 N–H and O–H groups in total. The number of hydrogen-bond acceptors (Lipinski definition) is 9. The summed E-state index contributed by atoms with van der Waals surface area (Å²) in [5.41, 5.74) is 9.47. The quantitative estimate of drug-likeness (QED) is 0.0694. The van der Waals surface area contributed by atoms with Crippen molar-refractivity contribution in [3.8, 4) is 0 Å². The van der Waals surface area contributed by atoms with E-state index in [2.05, 4.69) is 22.9 Å². The molecule has 0 saturated carbocycles. The highest BCUT2D eigenvalue weighted by Crippen LogP contribution is 2.06. The number of carbonyl (C=O) groups excluding carboxylic acids is 4. The van der Waals surface area contributed by atoms with Gasteiger partial charge in [-0.3, -0.25) is 14.4 Å². The molecule has 2 atom stereocenters. The van der Waals surface area contributed by atoms with Crippen LogP contribution >= 0.6 is 0 Å². The Morgan fingerprint density at radius 3 is 1.95 bits per heavy atom. The van der Waals surface area contributed by atoms with Crippen LogP contribution < -0.4 is 22.1 Å². The van der Waals surface area contributed by atoms with E-state index in [1.165, 1.54) is 0 Å². The van der Waals surface area contributed by atoms with E-state index in [4.69, 9.17) is 25.1 Å². The molecule has 230 valence electrons. The molecule has 0 aliphatic heterocycles. The molecule has 0 aromatic rings. The van der Waals surface area contributed by atoms with Crippen LogP contribution in [-0.4, -0.2) is 88.1 Å². The molecule has 0 radical (unpaired) electrons. The number of rotatable bonds is 23. The van der Waals surface area contributed by atoms with Gasteiger partial charge < -0.3 is 46.3 Å². The topological polar surface area (TPSA) is 200 Å². The summed E-state index contributed by atoms with van der Waals surface area (Å²) in [6, 6.07) is -0.426. The summed E-state index contributed by atoms with van der Waals surface area (Å²) in [7, 11) is 1.70. The molecule has 12 nitrogen and oxygen atoms in total. The van der Waals surface area contributed by atoms with Crippen LogP contribution in [0.1, 0.15) is 78.1 Å². The summed E-state index contributed by atoms with van der Waals surface area (Å²) in [4.78, 5) is 50.8. The molecule has 0 aliphatic rings. The summed E-state index contributed by atoms with van der Waals surface area (Å²) >= 11 is 0. The Morgan fingerprint density at radius 2 is 1.46 bits per heavy atom. The third kappa shape index (κ3) is 42.7. The van der Waals surface area contributed by atoms with Gasteiger partial charge in [0.1, 0.15) is 12.6 Å². The number of primary amides is 1. The van der Waals surface area contributed by atoms with E-state index in [0.717, 1.165) is 51.3 Å². The monoisotopic (exact) mass is 562 g/mol. The van der Waals surface area contributed by atoms with E-state index in [-0.39, 0.29) is 30.8 Å². The van der Waals surface area contributed by atoms with E-state index >= 15 is 0 Å². The predicted octanol–water partition coefficient (Wildman–Crippen LogP) is 1.73. The molecule has 39 heavy (non-hydrogen) atoms. The van der Waals surface area contributed by atoms with Crippen molar-refractivity contribution in [1.29, 1.82) is 0 Å². The maximum atomic E-state index is 11.8. The predicted molar refractivity (Wildman–Crippen MR) is 153 cm³/mol. The number of ether oxygens (including phenoxy) is 2. The van der Waals surface area contributed by atoms with Crippen LogP contribution in [0, 0.1) is 0 Å². The lowest BCUT2D eigenvalue weighted by Crippen LogP contribution is -2.33. The summed E-state index contributed by atoms with van der Waals surface area (Å²) < 4.78 is 10.6. The maximum Gasteiger partial charge on any atom is 0.303 e. The van der Waals surface area contributed by atoms with Gasteiger partial charge in [0.05, 0.1) is 25.9 Å². The molecule has 0 bridgehead atoms. The zero-order chi connectivity index (χ0) is 30.6. The highest BCUT2D eigenvalue weighted by molar-refractivity contribution is 5.76. The fourth-order valence-electron chi connectivity index (χ4n) is 2.76. The number of hydrogen-bond donors (Lipinski definition) is 5. The van der Waals surface area contributed by atoms with Gasteiger partial charge in [-0.2, -0.15) is 0 Å². The number of nitrogens with two attached hydrogens (primary N) is 2. The summed E-state index contributed by atoms with van der Waals surface area (Å²) in [5, 5.41) is 14.2. The van der Waals surface area contributed by atoms with E-state index in [0.29, 0.717) is 52.0 Å². The van der Waals surface area contributed by atoms with E-state index in [9.17, 15) is 19.2 Å². The largest absolute Gasteiger partial charge is 0.481 e. The van der Waals surface area contributed by atoms with Crippen molar-refractivity contribution >= 4 is 30.9 Å². The van der Waals surface area contributed by atoms with Crippen LogP contribution in [0.3, 0.4) is 0 Å². The van der Waals surface area contributed by atoms with Crippen molar-refractivity contribution in [2.45, 2.75) is 90.1 Å². The zero-order valence-corrected chi connectivity index (χ0v) is 24.2. The SMILES string of the molecule is C=CC(CCC(=O)O)NC(=O)CCCCCCCOCCOCCN.CC.CNC(C=O)CCC=O.NC=O. The number of carboxylic acid groups (broad SMARTS) is 1. The second kappa shape index (κ2) is 39.8. The van der Waals surface area contributed by atoms with Gasteiger partial charge in [0.15, 0.2) is 0 Å². The minimum Gasteiger partial charge on any atom is -0.481 e. The molecule has 0 fully saturated rings. The lowest BCUT2D eigenvalue weighted by Gasteiger charge is -2.13. The number of carboxylic acids is 1. The number of carbonyl (C=O) groups is 5. The molecular formula is C27H54N4O8. The molecule has 0 heterocycles. The number of nitrogens with one attached hydrogen (secondary N) is 2. The molecule has 0 rings (SSSR count). The van der Waals surface area contributed by atoms with Gasteiger partial charge >= 0.3 is 5.97 Å². The Kier molecular flexibility index (Phi) is 44.3. The molecule has 0 saturated heterocycles. The molecule has 2 unspecified atom stereocenters. The van der Waals surface area contributed by atoms with Gasteiger partial charge in [-0.15, -0.1) is 6.58 Å². The first-order valence-electron chi connectivity index (χ1n) is 13.6. The second-order valence-electron chi connectivity index (χ2n) is 7.78. The molecule has 0 spiro atoms. The van der Waals surface area contributed by atoms with Gasteiger partial charge in [0.25, 0.3) is 0 Å². The average molecular weight is 563 g/mol. The van der Waals surface area contributed by atoms with Gasteiger partial charge in [-0.25, -0.2) is 0 Å². The molecule has 12 heteroatoms. The number of aliphatic carboxylic acids is 1. The minimum atomic E-state index is -0.867. The lowest BCUT2D eigenvalue weighted by molar-refractivity contribution is -0.137. The van der Waals surface area contributed by atoms with Crippen molar-refractivity contribution in [3.63, 3.8) is 0 Å². The fraction of sp³-hybridized carbons (Fsp3) is 0.741. The zero-order valence-electron chi connectivity index (χ0n) is 24.2. The Labute approximate surface area is 234 Å². The summed E-state index contributed by atoms with van der Waals surface area (Å²) in [6.07, 6.45) is 10.4. The number of unbranched alkanes of at least 4 members (excludes halogenated alkanes) is 4. The highest BCUT2D eigenvalue weighted by Gasteiger charge is 2.10.